The number of allylic oxidation sites excluding steroid dienone is 3. The highest BCUT2D eigenvalue weighted by Gasteiger charge is 2.47. The molecule has 2 heteroatoms. The van der Waals surface area contributed by atoms with E-state index in [2.05, 4.69) is 26.8 Å². The highest BCUT2D eigenvalue weighted by Crippen LogP contribution is 2.58. The molecule has 0 amide bonds. The Kier molecular flexibility index (Phi) is 6.51. The largest absolute Gasteiger partial charge is 0.463 e. The molecule has 2 atom stereocenters. The number of hydrogen-bond donors (Lipinski definition) is 0. The maximum Gasteiger partial charge on any atom is 0.330 e. The Bertz CT molecular complexity index is 388. The predicted octanol–water partition coefficient (Wildman–Crippen LogP) is 5.05. The Morgan fingerprint density at radius 2 is 2.05 bits per heavy atom. The molecule has 1 fully saturated rings. The van der Waals surface area contributed by atoms with Crippen molar-refractivity contribution >= 4 is 5.97 Å². The van der Waals surface area contributed by atoms with Gasteiger partial charge in [0.1, 0.15) is 0 Å². The van der Waals surface area contributed by atoms with Crippen LogP contribution in [0.2, 0.25) is 0 Å². The van der Waals surface area contributed by atoms with Crippen LogP contribution in [0.1, 0.15) is 66.7 Å². The van der Waals surface area contributed by atoms with Crippen LogP contribution in [0.15, 0.2) is 23.3 Å². The van der Waals surface area contributed by atoms with Crippen molar-refractivity contribution in [2.75, 3.05) is 6.61 Å². The van der Waals surface area contributed by atoms with Crippen LogP contribution in [0.3, 0.4) is 0 Å². The minimum absolute atomic E-state index is 0.202. The Hall–Kier alpha value is -1.05. The van der Waals surface area contributed by atoms with Crippen molar-refractivity contribution in [3.8, 4) is 0 Å². The van der Waals surface area contributed by atoms with E-state index in [1.54, 1.807) is 6.08 Å². The first-order valence-electron chi connectivity index (χ1n) is 7.84. The minimum atomic E-state index is -0.202. The molecule has 0 radical (unpaired) electrons. The van der Waals surface area contributed by atoms with E-state index in [1.807, 2.05) is 13.8 Å². The molecule has 1 aliphatic rings. The van der Waals surface area contributed by atoms with E-state index >= 15 is 0 Å². The van der Waals surface area contributed by atoms with Gasteiger partial charge >= 0.3 is 5.97 Å². The van der Waals surface area contributed by atoms with Gasteiger partial charge in [-0.1, -0.05) is 24.1 Å². The number of carbonyl (C=O) groups is 1. The van der Waals surface area contributed by atoms with Gasteiger partial charge in [-0.15, -0.1) is 0 Å². The highest BCUT2D eigenvalue weighted by molar-refractivity contribution is 5.82. The second-order valence-electron chi connectivity index (χ2n) is 6.66. The molecule has 0 aromatic heterocycles. The lowest BCUT2D eigenvalue weighted by Crippen LogP contribution is -2.01. The summed E-state index contributed by atoms with van der Waals surface area (Å²) < 4.78 is 4.93. The van der Waals surface area contributed by atoms with E-state index < -0.39 is 0 Å². The summed E-state index contributed by atoms with van der Waals surface area (Å²) in [6.07, 6.45) is 10.0. The van der Waals surface area contributed by atoms with Crippen molar-refractivity contribution < 1.29 is 9.53 Å². The third-order valence-electron chi connectivity index (χ3n) is 4.34. The van der Waals surface area contributed by atoms with Gasteiger partial charge < -0.3 is 4.74 Å². The molecule has 0 aromatic carbocycles. The Morgan fingerprint density at radius 3 is 2.65 bits per heavy atom. The van der Waals surface area contributed by atoms with E-state index in [4.69, 9.17) is 4.74 Å². The fourth-order valence-corrected chi connectivity index (χ4v) is 2.81. The summed E-state index contributed by atoms with van der Waals surface area (Å²) in [5, 5.41) is 0. The first-order chi connectivity index (χ1) is 9.37. The Morgan fingerprint density at radius 1 is 1.35 bits per heavy atom. The summed E-state index contributed by atoms with van der Waals surface area (Å²) >= 11 is 0. The maximum absolute atomic E-state index is 11.3. The Labute approximate surface area is 124 Å². The lowest BCUT2D eigenvalue weighted by Gasteiger charge is -2.10. The molecule has 0 spiro atoms. The second kappa shape index (κ2) is 7.66. The molecule has 0 aliphatic heterocycles. The number of rotatable bonds is 8. The van der Waals surface area contributed by atoms with Gasteiger partial charge in [-0.05, 0) is 71.1 Å². The molecule has 1 aliphatic carbocycles. The van der Waals surface area contributed by atoms with Gasteiger partial charge in [-0.3, -0.25) is 0 Å². The average molecular weight is 278 g/mol. The second-order valence-corrected chi connectivity index (χ2v) is 6.66. The monoisotopic (exact) mass is 278 g/mol. The van der Waals surface area contributed by atoms with Crippen LogP contribution in [0.5, 0.6) is 0 Å². The first-order valence-corrected chi connectivity index (χ1v) is 7.84. The van der Waals surface area contributed by atoms with Gasteiger partial charge in [0.05, 0.1) is 6.61 Å². The molecule has 114 valence electrons. The molecule has 0 saturated heterocycles. The zero-order valence-electron chi connectivity index (χ0n) is 13.8. The van der Waals surface area contributed by atoms with E-state index in [0.717, 1.165) is 17.9 Å². The number of esters is 1. The molecule has 2 nitrogen and oxygen atoms in total. The minimum Gasteiger partial charge on any atom is -0.463 e. The van der Waals surface area contributed by atoms with E-state index in [1.165, 1.54) is 31.3 Å². The zero-order chi connectivity index (χ0) is 15.2. The lowest BCUT2D eigenvalue weighted by molar-refractivity contribution is -0.137. The third kappa shape index (κ3) is 5.94. The van der Waals surface area contributed by atoms with Crippen molar-refractivity contribution in [2.45, 2.75) is 66.7 Å². The van der Waals surface area contributed by atoms with Gasteiger partial charge in [-0.25, -0.2) is 4.79 Å². The van der Waals surface area contributed by atoms with E-state index in [9.17, 15) is 4.79 Å². The van der Waals surface area contributed by atoms with Crippen molar-refractivity contribution in [1.29, 1.82) is 0 Å². The SMILES string of the molecule is CCOC(=O)C=C(C)CCC1CC1(C)CCC=C(C)C. The van der Waals surface area contributed by atoms with E-state index in [-0.39, 0.29) is 5.97 Å². The molecular formula is C18H30O2. The normalized spacial score (nSPS) is 25.2. The number of ether oxygens (including phenoxy) is 1. The van der Waals surface area contributed by atoms with E-state index in [0.29, 0.717) is 12.0 Å². The van der Waals surface area contributed by atoms with Crippen LogP contribution in [-0.2, 0) is 9.53 Å². The number of carbonyl (C=O) groups excluding carboxylic acids is 1. The van der Waals surface area contributed by atoms with Crippen LogP contribution < -0.4 is 0 Å². The van der Waals surface area contributed by atoms with Crippen molar-refractivity contribution in [2.24, 2.45) is 11.3 Å². The van der Waals surface area contributed by atoms with Crippen LogP contribution in [-0.4, -0.2) is 12.6 Å². The summed E-state index contributed by atoms with van der Waals surface area (Å²) in [5.41, 5.74) is 3.09. The number of hydrogen-bond acceptors (Lipinski definition) is 2. The van der Waals surface area contributed by atoms with Gasteiger partial charge in [0, 0.05) is 6.08 Å². The molecule has 1 rings (SSSR count). The highest BCUT2D eigenvalue weighted by atomic mass is 16.5. The predicted molar refractivity (Wildman–Crippen MR) is 84.5 cm³/mol. The first kappa shape index (κ1) is 17.0. The summed E-state index contributed by atoms with van der Waals surface area (Å²) in [4.78, 5) is 11.3. The van der Waals surface area contributed by atoms with Crippen molar-refractivity contribution in [3.05, 3.63) is 23.3 Å². The molecular weight excluding hydrogens is 248 g/mol. The summed E-state index contributed by atoms with van der Waals surface area (Å²) in [6.45, 7) is 11.0. The average Bonchev–Trinajstić information content (AvgIpc) is 2.97. The van der Waals surface area contributed by atoms with Gasteiger partial charge in [0.25, 0.3) is 0 Å². The topological polar surface area (TPSA) is 26.3 Å². The summed E-state index contributed by atoms with van der Waals surface area (Å²) in [5.74, 6) is 0.630. The fourth-order valence-electron chi connectivity index (χ4n) is 2.81. The summed E-state index contributed by atoms with van der Waals surface area (Å²) in [6, 6.07) is 0. The molecule has 0 aromatic rings. The Balaban J connectivity index is 2.27. The fraction of sp³-hybridized carbons (Fsp3) is 0.722. The molecule has 0 heterocycles. The van der Waals surface area contributed by atoms with Crippen molar-refractivity contribution in [1.82, 2.24) is 0 Å². The lowest BCUT2D eigenvalue weighted by atomic mass is 9.96. The smallest absolute Gasteiger partial charge is 0.330 e. The molecule has 2 unspecified atom stereocenters. The van der Waals surface area contributed by atoms with Gasteiger partial charge in [0.2, 0.25) is 0 Å². The van der Waals surface area contributed by atoms with Crippen LogP contribution >= 0.6 is 0 Å². The summed E-state index contributed by atoms with van der Waals surface area (Å²) in [7, 11) is 0. The molecule has 0 N–H and O–H groups in total. The quantitative estimate of drug-likeness (QED) is 0.353. The molecule has 1 saturated carbocycles. The van der Waals surface area contributed by atoms with Crippen molar-refractivity contribution in [3.63, 3.8) is 0 Å². The zero-order valence-corrected chi connectivity index (χ0v) is 13.8. The third-order valence-corrected chi connectivity index (χ3v) is 4.34. The van der Waals surface area contributed by atoms with Gasteiger partial charge in [0.15, 0.2) is 0 Å². The van der Waals surface area contributed by atoms with Gasteiger partial charge in [-0.2, -0.15) is 0 Å². The molecule has 20 heavy (non-hydrogen) atoms. The van der Waals surface area contributed by atoms with Crippen LogP contribution in [0.4, 0.5) is 0 Å². The van der Waals surface area contributed by atoms with Crippen LogP contribution in [0, 0.1) is 11.3 Å². The maximum atomic E-state index is 11.3. The van der Waals surface area contributed by atoms with Crippen LogP contribution in [0.25, 0.3) is 0 Å². The molecule has 0 bridgehead atoms. The standard InChI is InChI=1S/C18H30O2/c1-6-20-17(19)12-15(4)9-10-16-13-18(16,5)11-7-8-14(2)3/h8,12,16H,6-7,9-11,13H2,1-5H3.